The molecule has 0 radical (unpaired) electrons. The molecular weight excluding hydrogens is 333 g/mol. The van der Waals surface area contributed by atoms with Gasteiger partial charge in [-0.05, 0) is 37.8 Å². The zero-order valence-electron chi connectivity index (χ0n) is 15.3. The minimum Gasteiger partial charge on any atom is -0.366 e. The fourth-order valence-electron chi connectivity index (χ4n) is 3.76. The average molecular weight is 361 g/mol. The number of anilines is 1. The van der Waals surface area contributed by atoms with Gasteiger partial charge in [0.2, 0.25) is 11.8 Å². The highest BCUT2D eigenvalue weighted by atomic mass is 19.1. The summed E-state index contributed by atoms with van der Waals surface area (Å²) in [5.41, 5.74) is 0.603. The largest absolute Gasteiger partial charge is 0.366 e. The lowest BCUT2D eigenvalue weighted by Gasteiger charge is -2.36. The highest BCUT2D eigenvalue weighted by Gasteiger charge is 2.23. The van der Waals surface area contributed by atoms with Crippen molar-refractivity contribution >= 4 is 17.5 Å². The van der Waals surface area contributed by atoms with Gasteiger partial charge in [-0.25, -0.2) is 4.39 Å². The van der Waals surface area contributed by atoms with Gasteiger partial charge >= 0.3 is 0 Å². The summed E-state index contributed by atoms with van der Waals surface area (Å²) in [6, 6.07) is 6.75. The van der Waals surface area contributed by atoms with Crippen molar-refractivity contribution in [1.82, 2.24) is 9.80 Å². The molecule has 142 valence electrons. The van der Waals surface area contributed by atoms with Crippen molar-refractivity contribution in [3.8, 4) is 0 Å². The number of piperidine rings is 1. The predicted molar refractivity (Wildman–Crippen MR) is 99.5 cm³/mol. The molecule has 0 atom stereocenters. The number of nitrogens with zero attached hydrogens (tertiary/aromatic N) is 3. The maximum absolute atomic E-state index is 13.9. The highest BCUT2D eigenvalue weighted by molar-refractivity contribution is 5.79. The van der Waals surface area contributed by atoms with E-state index in [2.05, 4.69) is 0 Å². The first-order chi connectivity index (χ1) is 12.6. The molecule has 2 saturated heterocycles. The molecule has 1 aromatic carbocycles. The van der Waals surface area contributed by atoms with E-state index in [0.29, 0.717) is 51.1 Å². The molecule has 1 aromatic rings. The fraction of sp³-hybridized carbons (Fsp3) is 0.600. The molecule has 2 fully saturated rings. The summed E-state index contributed by atoms with van der Waals surface area (Å²) in [5, 5.41) is 0. The number of hydrogen-bond acceptors (Lipinski definition) is 3. The first-order valence-electron chi connectivity index (χ1n) is 9.70. The molecule has 0 unspecified atom stereocenters. The predicted octanol–water partition coefficient (Wildman–Crippen LogP) is 2.66. The van der Waals surface area contributed by atoms with Gasteiger partial charge in [0.15, 0.2) is 0 Å². The molecule has 0 N–H and O–H groups in total. The van der Waals surface area contributed by atoms with E-state index in [1.807, 2.05) is 20.8 Å². The van der Waals surface area contributed by atoms with E-state index in [4.69, 9.17) is 0 Å². The molecule has 26 heavy (non-hydrogen) atoms. The summed E-state index contributed by atoms with van der Waals surface area (Å²) < 4.78 is 13.9. The van der Waals surface area contributed by atoms with Crippen molar-refractivity contribution in [2.75, 3.05) is 44.2 Å². The van der Waals surface area contributed by atoms with Gasteiger partial charge in [0.25, 0.3) is 0 Å². The smallest absolute Gasteiger partial charge is 0.222 e. The lowest BCUT2D eigenvalue weighted by molar-refractivity contribution is -0.133. The summed E-state index contributed by atoms with van der Waals surface area (Å²) in [4.78, 5) is 30.3. The Morgan fingerprint density at radius 1 is 0.808 bits per heavy atom. The van der Waals surface area contributed by atoms with Gasteiger partial charge in [-0.1, -0.05) is 12.1 Å². The van der Waals surface area contributed by atoms with E-state index in [-0.39, 0.29) is 17.6 Å². The third kappa shape index (κ3) is 4.74. The van der Waals surface area contributed by atoms with Crippen LogP contribution in [-0.4, -0.2) is 60.9 Å². The normalized spacial score (nSPS) is 18.1. The molecule has 5 nitrogen and oxygen atoms in total. The lowest BCUT2D eigenvalue weighted by atomic mass is 10.1. The Kier molecular flexibility index (Phi) is 6.47. The second kappa shape index (κ2) is 9.01. The van der Waals surface area contributed by atoms with Crippen LogP contribution in [0.4, 0.5) is 10.1 Å². The maximum Gasteiger partial charge on any atom is 0.222 e. The minimum absolute atomic E-state index is 0.102. The van der Waals surface area contributed by atoms with Gasteiger partial charge in [0.1, 0.15) is 5.82 Å². The van der Waals surface area contributed by atoms with E-state index in [1.165, 1.54) is 12.5 Å². The van der Waals surface area contributed by atoms with Gasteiger partial charge in [0, 0.05) is 52.1 Å². The molecule has 0 spiro atoms. The number of carbonyl (C=O) groups is 2. The van der Waals surface area contributed by atoms with Gasteiger partial charge < -0.3 is 14.7 Å². The van der Waals surface area contributed by atoms with Crippen molar-refractivity contribution in [2.24, 2.45) is 0 Å². The SMILES string of the molecule is O=C(CCCC(=O)N1CCN(c2ccccc2F)CC1)N1CCCCC1. The second-order valence-electron chi connectivity index (χ2n) is 7.11. The Morgan fingerprint density at radius 2 is 1.38 bits per heavy atom. The van der Waals surface area contributed by atoms with Crippen molar-refractivity contribution in [2.45, 2.75) is 38.5 Å². The van der Waals surface area contributed by atoms with Crippen LogP contribution in [0.5, 0.6) is 0 Å². The maximum atomic E-state index is 13.9. The fourth-order valence-corrected chi connectivity index (χ4v) is 3.76. The quantitative estimate of drug-likeness (QED) is 0.810. The molecule has 2 amide bonds. The Balaban J connectivity index is 1.38. The number of piperazine rings is 1. The van der Waals surface area contributed by atoms with Crippen LogP contribution in [0.25, 0.3) is 0 Å². The highest BCUT2D eigenvalue weighted by Crippen LogP contribution is 2.20. The number of halogens is 1. The summed E-state index contributed by atoms with van der Waals surface area (Å²) >= 11 is 0. The molecule has 0 bridgehead atoms. The molecule has 3 rings (SSSR count). The van der Waals surface area contributed by atoms with Crippen LogP contribution in [0.3, 0.4) is 0 Å². The zero-order valence-corrected chi connectivity index (χ0v) is 15.3. The Labute approximate surface area is 154 Å². The number of benzene rings is 1. The van der Waals surface area contributed by atoms with Crippen molar-refractivity contribution < 1.29 is 14.0 Å². The van der Waals surface area contributed by atoms with E-state index < -0.39 is 0 Å². The van der Waals surface area contributed by atoms with Gasteiger partial charge in [-0.2, -0.15) is 0 Å². The summed E-state index contributed by atoms with van der Waals surface area (Å²) in [5.74, 6) is 0.0648. The first kappa shape index (κ1) is 18.7. The first-order valence-corrected chi connectivity index (χ1v) is 9.70. The van der Waals surface area contributed by atoms with Crippen molar-refractivity contribution in [3.05, 3.63) is 30.1 Å². The van der Waals surface area contributed by atoms with E-state index >= 15 is 0 Å². The molecule has 0 saturated carbocycles. The monoisotopic (exact) mass is 361 g/mol. The number of amides is 2. The standard InChI is InChI=1S/C20H28FN3O2/c21-17-7-2-3-8-18(17)22-13-15-24(16-14-22)20(26)10-6-9-19(25)23-11-4-1-5-12-23/h2-3,7-8H,1,4-6,9-16H2. The summed E-state index contributed by atoms with van der Waals surface area (Å²) in [6.07, 6.45) is 4.89. The second-order valence-corrected chi connectivity index (χ2v) is 7.11. The minimum atomic E-state index is -0.219. The van der Waals surface area contributed by atoms with Crippen LogP contribution in [0.15, 0.2) is 24.3 Å². The van der Waals surface area contributed by atoms with Crippen LogP contribution in [0.1, 0.15) is 38.5 Å². The Hall–Kier alpha value is -2.11. The molecule has 0 aliphatic carbocycles. The Bertz CT molecular complexity index is 623. The van der Waals surface area contributed by atoms with E-state index in [1.54, 1.807) is 12.1 Å². The number of carbonyl (C=O) groups excluding carboxylic acids is 2. The van der Waals surface area contributed by atoms with Gasteiger partial charge in [-0.3, -0.25) is 9.59 Å². The van der Waals surface area contributed by atoms with Crippen molar-refractivity contribution in [3.63, 3.8) is 0 Å². The Morgan fingerprint density at radius 3 is 2.00 bits per heavy atom. The number of hydrogen-bond donors (Lipinski definition) is 0. The van der Waals surface area contributed by atoms with Crippen molar-refractivity contribution in [1.29, 1.82) is 0 Å². The third-order valence-corrected chi connectivity index (χ3v) is 5.32. The van der Waals surface area contributed by atoms with E-state index in [0.717, 1.165) is 25.9 Å². The number of para-hydroxylation sites is 1. The molecule has 0 aromatic heterocycles. The van der Waals surface area contributed by atoms with Gasteiger partial charge in [-0.15, -0.1) is 0 Å². The zero-order chi connectivity index (χ0) is 18.4. The third-order valence-electron chi connectivity index (χ3n) is 5.32. The van der Waals surface area contributed by atoms with E-state index in [9.17, 15) is 14.0 Å². The lowest BCUT2D eigenvalue weighted by Crippen LogP contribution is -2.49. The number of likely N-dealkylation sites (tertiary alicyclic amines) is 1. The molecule has 6 heteroatoms. The van der Waals surface area contributed by atoms with Crippen LogP contribution in [0, 0.1) is 5.82 Å². The summed E-state index contributed by atoms with van der Waals surface area (Å²) in [7, 11) is 0. The molecule has 2 aliphatic rings. The van der Waals surface area contributed by atoms with Crippen LogP contribution >= 0.6 is 0 Å². The van der Waals surface area contributed by atoms with Crippen LogP contribution < -0.4 is 4.90 Å². The summed E-state index contributed by atoms with van der Waals surface area (Å²) in [6.45, 7) is 4.22. The van der Waals surface area contributed by atoms with Crippen LogP contribution in [0.2, 0.25) is 0 Å². The van der Waals surface area contributed by atoms with Gasteiger partial charge in [0.05, 0.1) is 5.69 Å². The van der Waals surface area contributed by atoms with Crippen LogP contribution in [-0.2, 0) is 9.59 Å². The molecule has 2 heterocycles. The number of rotatable bonds is 5. The average Bonchev–Trinajstić information content (AvgIpc) is 2.69. The molecule has 2 aliphatic heterocycles. The molecular formula is C20H28FN3O2. The topological polar surface area (TPSA) is 43.9 Å².